The molecule has 1 fully saturated rings. The Labute approximate surface area is 111 Å². The minimum atomic E-state index is 0.246. The van der Waals surface area contributed by atoms with E-state index >= 15 is 0 Å². The van der Waals surface area contributed by atoms with Crippen molar-refractivity contribution >= 4 is 0 Å². The highest BCUT2D eigenvalue weighted by Crippen LogP contribution is 2.21. The molecule has 1 heterocycles. The maximum Gasteiger partial charge on any atom is 0.0281 e. The first-order chi connectivity index (χ1) is 8.51. The quantitative estimate of drug-likeness (QED) is 0.882. The maximum absolute atomic E-state index is 3.56. The van der Waals surface area contributed by atoms with Gasteiger partial charge in [-0.15, -0.1) is 0 Å². The summed E-state index contributed by atoms with van der Waals surface area (Å²) in [4.78, 5) is 2.59. The summed E-state index contributed by atoms with van der Waals surface area (Å²) < 4.78 is 0. The molecule has 18 heavy (non-hydrogen) atoms. The van der Waals surface area contributed by atoms with Crippen molar-refractivity contribution in [2.24, 2.45) is 0 Å². The lowest BCUT2D eigenvalue weighted by molar-refractivity contribution is 0.0626. The van der Waals surface area contributed by atoms with Crippen molar-refractivity contribution in [3.8, 4) is 0 Å². The zero-order valence-electron chi connectivity index (χ0n) is 12.2. The highest BCUT2D eigenvalue weighted by Gasteiger charge is 2.32. The summed E-state index contributed by atoms with van der Waals surface area (Å²) in [6.45, 7) is 12.4. The third kappa shape index (κ3) is 3.12. The van der Waals surface area contributed by atoms with Crippen molar-refractivity contribution in [2.45, 2.75) is 52.2 Å². The summed E-state index contributed by atoms with van der Waals surface area (Å²) in [5, 5.41) is 3.56. The number of hydrogen-bond donors (Lipinski definition) is 1. The summed E-state index contributed by atoms with van der Waals surface area (Å²) in [5.74, 6) is 0. The Morgan fingerprint density at radius 2 is 1.83 bits per heavy atom. The van der Waals surface area contributed by atoms with E-state index in [0.717, 1.165) is 26.1 Å². The number of piperazine rings is 1. The summed E-state index contributed by atoms with van der Waals surface area (Å²) in [6.07, 6.45) is 1.12. The molecule has 0 radical (unpaired) electrons. The zero-order chi connectivity index (χ0) is 13.2. The molecule has 1 saturated heterocycles. The number of nitrogens with zero attached hydrogens (tertiary/aromatic N) is 1. The molecule has 0 bridgehead atoms. The van der Waals surface area contributed by atoms with E-state index < -0.39 is 0 Å². The number of benzene rings is 1. The third-order valence-corrected chi connectivity index (χ3v) is 4.04. The number of nitrogens with one attached hydrogen (secondary N) is 1. The van der Waals surface area contributed by atoms with Gasteiger partial charge in [-0.05, 0) is 38.3 Å². The number of rotatable bonds is 3. The Hall–Kier alpha value is -0.860. The maximum atomic E-state index is 3.56. The van der Waals surface area contributed by atoms with Gasteiger partial charge in [-0.3, -0.25) is 4.90 Å². The highest BCUT2D eigenvalue weighted by molar-refractivity contribution is 5.22. The molecule has 2 nitrogen and oxygen atoms in total. The monoisotopic (exact) mass is 246 g/mol. The SMILES string of the molecule is CCc1ccc(CN2CC(C)NCC2(C)C)cc1. The van der Waals surface area contributed by atoms with Gasteiger partial charge < -0.3 is 5.32 Å². The molecule has 0 aliphatic carbocycles. The van der Waals surface area contributed by atoms with Crippen molar-refractivity contribution in [2.75, 3.05) is 13.1 Å². The molecule has 1 N–H and O–H groups in total. The van der Waals surface area contributed by atoms with E-state index in [1.54, 1.807) is 0 Å². The number of hydrogen-bond acceptors (Lipinski definition) is 2. The van der Waals surface area contributed by atoms with Gasteiger partial charge in [0.2, 0.25) is 0 Å². The fourth-order valence-corrected chi connectivity index (χ4v) is 2.56. The lowest BCUT2D eigenvalue weighted by Crippen LogP contribution is -2.60. The highest BCUT2D eigenvalue weighted by atomic mass is 15.3. The van der Waals surface area contributed by atoms with Crippen LogP contribution in [0.5, 0.6) is 0 Å². The van der Waals surface area contributed by atoms with Crippen molar-refractivity contribution in [3.05, 3.63) is 35.4 Å². The van der Waals surface area contributed by atoms with E-state index in [0.29, 0.717) is 6.04 Å². The molecule has 1 unspecified atom stereocenters. The van der Waals surface area contributed by atoms with E-state index in [-0.39, 0.29) is 5.54 Å². The Balaban J connectivity index is 2.06. The van der Waals surface area contributed by atoms with Gasteiger partial charge in [-0.2, -0.15) is 0 Å². The summed E-state index contributed by atoms with van der Waals surface area (Å²) in [6, 6.07) is 9.67. The topological polar surface area (TPSA) is 15.3 Å². The first-order valence-electron chi connectivity index (χ1n) is 7.07. The second kappa shape index (κ2) is 5.41. The Bertz CT molecular complexity index is 381. The van der Waals surface area contributed by atoms with E-state index in [4.69, 9.17) is 0 Å². The van der Waals surface area contributed by atoms with Crippen LogP contribution in [0.2, 0.25) is 0 Å². The normalized spacial score (nSPS) is 24.1. The van der Waals surface area contributed by atoms with Crippen LogP contribution >= 0.6 is 0 Å². The zero-order valence-corrected chi connectivity index (χ0v) is 12.2. The standard InChI is InChI=1S/C16H26N2/c1-5-14-6-8-15(9-7-14)11-18-10-13(2)17-12-16(18,3)4/h6-9,13,17H,5,10-12H2,1-4H3. The third-order valence-electron chi connectivity index (χ3n) is 4.04. The van der Waals surface area contributed by atoms with Crippen LogP contribution in [-0.4, -0.2) is 29.6 Å². The number of aryl methyl sites for hydroxylation is 1. The molecule has 2 heteroatoms. The summed E-state index contributed by atoms with van der Waals surface area (Å²) in [7, 11) is 0. The molecular formula is C16H26N2. The van der Waals surface area contributed by atoms with Crippen molar-refractivity contribution in [1.82, 2.24) is 10.2 Å². The lowest BCUT2D eigenvalue weighted by Gasteiger charge is -2.45. The van der Waals surface area contributed by atoms with Gasteiger partial charge in [0.25, 0.3) is 0 Å². The van der Waals surface area contributed by atoms with E-state index in [9.17, 15) is 0 Å². The average Bonchev–Trinajstić information content (AvgIpc) is 2.35. The molecule has 0 aromatic heterocycles. The van der Waals surface area contributed by atoms with Gasteiger partial charge in [0.15, 0.2) is 0 Å². The molecule has 0 saturated carbocycles. The Morgan fingerprint density at radius 3 is 2.44 bits per heavy atom. The van der Waals surface area contributed by atoms with E-state index in [1.807, 2.05) is 0 Å². The largest absolute Gasteiger partial charge is 0.311 e. The Morgan fingerprint density at radius 1 is 1.22 bits per heavy atom. The smallest absolute Gasteiger partial charge is 0.0281 e. The summed E-state index contributed by atoms with van der Waals surface area (Å²) >= 11 is 0. The van der Waals surface area contributed by atoms with Crippen LogP contribution in [0.4, 0.5) is 0 Å². The fraction of sp³-hybridized carbons (Fsp3) is 0.625. The van der Waals surface area contributed by atoms with Crippen LogP contribution in [0.15, 0.2) is 24.3 Å². The second-order valence-corrected chi connectivity index (χ2v) is 6.14. The molecule has 0 spiro atoms. The van der Waals surface area contributed by atoms with Crippen LogP contribution < -0.4 is 5.32 Å². The van der Waals surface area contributed by atoms with Crippen molar-refractivity contribution in [1.29, 1.82) is 0 Å². The summed E-state index contributed by atoms with van der Waals surface area (Å²) in [5.41, 5.74) is 3.09. The predicted octanol–water partition coefficient (Wildman–Crippen LogP) is 2.82. The van der Waals surface area contributed by atoms with Crippen molar-refractivity contribution in [3.63, 3.8) is 0 Å². The van der Waals surface area contributed by atoms with Crippen molar-refractivity contribution < 1.29 is 0 Å². The first-order valence-corrected chi connectivity index (χ1v) is 7.07. The molecule has 1 atom stereocenters. The molecular weight excluding hydrogens is 220 g/mol. The van der Waals surface area contributed by atoms with Crippen LogP contribution in [-0.2, 0) is 13.0 Å². The van der Waals surface area contributed by atoms with Gasteiger partial charge in [-0.25, -0.2) is 0 Å². The molecule has 2 rings (SSSR count). The first kappa shape index (κ1) is 13.6. The average molecular weight is 246 g/mol. The van der Waals surface area contributed by atoms with Crippen LogP contribution in [0, 0.1) is 0 Å². The second-order valence-electron chi connectivity index (χ2n) is 6.14. The van der Waals surface area contributed by atoms with Gasteiger partial charge in [0, 0.05) is 31.2 Å². The molecule has 1 aromatic rings. The van der Waals surface area contributed by atoms with Gasteiger partial charge in [-0.1, -0.05) is 31.2 Å². The molecule has 1 aliphatic heterocycles. The van der Waals surface area contributed by atoms with Crippen LogP contribution in [0.1, 0.15) is 38.8 Å². The van der Waals surface area contributed by atoms with Crippen LogP contribution in [0.25, 0.3) is 0 Å². The lowest BCUT2D eigenvalue weighted by atomic mass is 9.96. The van der Waals surface area contributed by atoms with Gasteiger partial charge >= 0.3 is 0 Å². The molecule has 100 valence electrons. The fourth-order valence-electron chi connectivity index (χ4n) is 2.56. The van der Waals surface area contributed by atoms with E-state index in [2.05, 4.69) is 62.2 Å². The van der Waals surface area contributed by atoms with E-state index in [1.165, 1.54) is 11.1 Å². The van der Waals surface area contributed by atoms with Gasteiger partial charge in [0.05, 0.1) is 0 Å². The molecule has 1 aliphatic rings. The Kier molecular flexibility index (Phi) is 4.08. The minimum absolute atomic E-state index is 0.246. The minimum Gasteiger partial charge on any atom is -0.311 e. The predicted molar refractivity (Wildman–Crippen MR) is 77.8 cm³/mol. The molecule has 0 amide bonds. The molecule has 1 aromatic carbocycles. The van der Waals surface area contributed by atoms with Gasteiger partial charge in [0.1, 0.15) is 0 Å². The van der Waals surface area contributed by atoms with Crippen LogP contribution in [0.3, 0.4) is 0 Å².